The van der Waals surface area contributed by atoms with E-state index in [-0.39, 0.29) is 17.1 Å². The molecule has 0 radical (unpaired) electrons. The highest BCUT2D eigenvalue weighted by atomic mass is 32.2. The molecule has 1 heterocycles. The van der Waals surface area contributed by atoms with Crippen molar-refractivity contribution < 1.29 is 18.3 Å². The summed E-state index contributed by atoms with van der Waals surface area (Å²) >= 11 is 1.06. The van der Waals surface area contributed by atoms with Crippen LogP contribution in [-0.4, -0.2) is 40.1 Å². The van der Waals surface area contributed by atoms with E-state index in [2.05, 4.69) is 15.5 Å². The van der Waals surface area contributed by atoms with Crippen molar-refractivity contribution in [1.29, 1.82) is 0 Å². The van der Waals surface area contributed by atoms with Crippen LogP contribution in [0.25, 0.3) is 0 Å². The fourth-order valence-corrected chi connectivity index (χ4v) is 2.65. The van der Waals surface area contributed by atoms with Crippen LogP contribution in [0.3, 0.4) is 0 Å². The number of nitrogens with one attached hydrogen (secondary N) is 2. The van der Waals surface area contributed by atoms with Gasteiger partial charge in [-0.25, -0.2) is 18.7 Å². The number of nitrogens with zero attached hydrogens (tertiary/aromatic N) is 2. The predicted octanol–water partition coefficient (Wildman–Crippen LogP) is 1.62. The summed E-state index contributed by atoms with van der Waals surface area (Å²) in [5.74, 6) is -2.49. The van der Waals surface area contributed by atoms with Gasteiger partial charge in [-0.05, 0) is 18.6 Å². The minimum absolute atomic E-state index is 0.0342. The number of hydrogen-bond donors (Lipinski definition) is 2. The second kappa shape index (κ2) is 8.60. The van der Waals surface area contributed by atoms with Crippen molar-refractivity contribution in [3.8, 4) is 0 Å². The van der Waals surface area contributed by atoms with E-state index >= 15 is 0 Å². The molecule has 7 nitrogen and oxygen atoms in total. The number of carbonyl (C=O) groups is 1. The Balaban J connectivity index is 1.91. The smallest absolute Gasteiger partial charge is 0.343 e. The number of aromatic nitrogens is 3. The van der Waals surface area contributed by atoms with Crippen molar-refractivity contribution >= 4 is 23.4 Å². The van der Waals surface area contributed by atoms with Gasteiger partial charge in [-0.3, -0.25) is 9.36 Å². The minimum atomic E-state index is -1.04. The molecule has 0 aliphatic heterocycles. The number of methoxy groups -OCH3 is 1. The van der Waals surface area contributed by atoms with Gasteiger partial charge in [0, 0.05) is 32.0 Å². The molecule has 0 saturated heterocycles. The third kappa shape index (κ3) is 4.90. The van der Waals surface area contributed by atoms with Crippen molar-refractivity contribution in [2.75, 3.05) is 24.8 Å². The summed E-state index contributed by atoms with van der Waals surface area (Å²) in [6.45, 7) is 0.911. The largest absolute Gasteiger partial charge is 0.385 e. The van der Waals surface area contributed by atoms with Crippen molar-refractivity contribution in [2.24, 2.45) is 0 Å². The first-order valence-electron chi connectivity index (χ1n) is 7.03. The van der Waals surface area contributed by atoms with Crippen molar-refractivity contribution in [3.05, 3.63) is 40.3 Å². The van der Waals surface area contributed by atoms with Crippen LogP contribution in [-0.2, 0) is 16.1 Å². The molecular formula is C14H16F2N4O3S. The van der Waals surface area contributed by atoms with Gasteiger partial charge in [0.1, 0.15) is 0 Å². The summed E-state index contributed by atoms with van der Waals surface area (Å²) in [5, 5.41) is 9.00. The molecule has 0 unspecified atom stereocenters. The van der Waals surface area contributed by atoms with Gasteiger partial charge in [0.2, 0.25) is 5.91 Å². The van der Waals surface area contributed by atoms with Crippen LogP contribution in [0.5, 0.6) is 0 Å². The number of amides is 1. The minimum Gasteiger partial charge on any atom is -0.385 e. The Kier molecular flexibility index (Phi) is 6.50. The van der Waals surface area contributed by atoms with Crippen LogP contribution >= 0.6 is 11.8 Å². The van der Waals surface area contributed by atoms with E-state index in [9.17, 15) is 18.4 Å². The number of anilines is 1. The van der Waals surface area contributed by atoms with E-state index in [4.69, 9.17) is 4.74 Å². The van der Waals surface area contributed by atoms with Crippen molar-refractivity contribution in [2.45, 2.75) is 18.1 Å². The van der Waals surface area contributed by atoms with Crippen LogP contribution in [0, 0.1) is 11.6 Å². The predicted molar refractivity (Wildman–Crippen MR) is 85.1 cm³/mol. The molecule has 0 saturated carbocycles. The van der Waals surface area contributed by atoms with E-state index in [1.165, 1.54) is 10.6 Å². The lowest BCUT2D eigenvalue weighted by molar-refractivity contribution is -0.113. The van der Waals surface area contributed by atoms with Crippen LogP contribution in [0.2, 0.25) is 0 Å². The quantitative estimate of drug-likeness (QED) is 0.553. The molecule has 0 bridgehead atoms. The van der Waals surface area contributed by atoms with Gasteiger partial charge in [0.15, 0.2) is 16.8 Å². The number of ether oxygens (including phenoxy) is 1. The molecule has 2 rings (SSSR count). The lowest BCUT2D eigenvalue weighted by Crippen LogP contribution is -2.19. The number of aromatic amines is 1. The highest BCUT2D eigenvalue weighted by Crippen LogP contribution is 2.16. The van der Waals surface area contributed by atoms with Crippen LogP contribution in [0.1, 0.15) is 6.42 Å². The lowest BCUT2D eigenvalue weighted by atomic mass is 10.3. The summed E-state index contributed by atoms with van der Waals surface area (Å²) < 4.78 is 32.3. The van der Waals surface area contributed by atoms with E-state index in [0.717, 1.165) is 23.9 Å². The van der Waals surface area contributed by atoms with Gasteiger partial charge in [-0.15, -0.1) is 5.10 Å². The highest BCUT2D eigenvalue weighted by molar-refractivity contribution is 7.99. The molecule has 0 atom stereocenters. The standard InChI is InChI=1S/C14H16F2N4O3S/c1-23-6-2-5-20-13(22)18-19-14(20)24-8-12(21)17-9-3-4-10(15)11(16)7-9/h3-4,7H,2,5-6,8H2,1H3,(H,17,21)(H,18,22). The van der Waals surface area contributed by atoms with E-state index in [0.29, 0.717) is 24.7 Å². The SMILES string of the molecule is COCCCn1c(SCC(=O)Nc2ccc(F)c(F)c2)n[nH]c1=O. The van der Waals surface area contributed by atoms with E-state index in [1.807, 2.05) is 0 Å². The number of rotatable bonds is 8. The van der Waals surface area contributed by atoms with E-state index in [1.54, 1.807) is 7.11 Å². The molecule has 0 fully saturated rings. The zero-order chi connectivity index (χ0) is 17.5. The Labute approximate surface area is 140 Å². The molecule has 2 aromatic rings. The average Bonchev–Trinajstić information content (AvgIpc) is 2.90. The van der Waals surface area contributed by atoms with E-state index < -0.39 is 17.5 Å². The van der Waals surface area contributed by atoms with Crippen LogP contribution in [0.4, 0.5) is 14.5 Å². The lowest BCUT2D eigenvalue weighted by Gasteiger charge is -2.06. The third-order valence-electron chi connectivity index (χ3n) is 2.99. The van der Waals surface area contributed by atoms with Gasteiger partial charge in [-0.1, -0.05) is 11.8 Å². The van der Waals surface area contributed by atoms with Gasteiger partial charge in [0.05, 0.1) is 5.75 Å². The fourth-order valence-electron chi connectivity index (χ4n) is 1.88. The number of halogens is 2. The molecule has 1 aromatic carbocycles. The van der Waals surface area contributed by atoms with Crippen molar-refractivity contribution in [3.63, 3.8) is 0 Å². The molecule has 1 aromatic heterocycles. The summed E-state index contributed by atoms with van der Waals surface area (Å²) in [5.41, 5.74) is -0.214. The van der Waals surface area contributed by atoms with Crippen LogP contribution in [0.15, 0.2) is 28.2 Å². The average molecular weight is 358 g/mol. The summed E-state index contributed by atoms with van der Waals surface area (Å²) in [6, 6.07) is 3.09. The van der Waals surface area contributed by atoms with Gasteiger partial charge >= 0.3 is 5.69 Å². The summed E-state index contributed by atoms with van der Waals surface area (Å²) in [6.07, 6.45) is 0.630. The maximum Gasteiger partial charge on any atom is 0.343 e. The topological polar surface area (TPSA) is 89.0 Å². The molecule has 0 aliphatic carbocycles. The Morgan fingerprint density at radius 1 is 1.42 bits per heavy atom. The first kappa shape index (κ1) is 18.1. The highest BCUT2D eigenvalue weighted by Gasteiger charge is 2.12. The molecule has 24 heavy (non-hydrogen) atoms. The summed E-state index contributed by atoms with van der Waals surface area (Å²) in [7, 11) is 1.57. The number of thioether (sulfide) groups is 1. The Morgan fingerprint density at radius 2 is 2.21 bits per heavy atom. The Hall–Kier alpha value is -2.20. The number of H-pyrrole nitrogens is 1. The maximum atomic E-state index is 13.1. The molecule has 0 aliphatic rings. The zero-order valence-corrected chi connectivity index (χ0v) is 13.7. The third-order valence-corrected chi connectivity index (χ3v) is 3.97. The molecule has 130 valence electrons. The molecule has 0 spiro atoms. The van der Waals surface area contributed by atoms with Crippen molar-refractivity contribution in [1.82, 2.24) is 14.8 Å². The first-order valence-corrected chi connectivity index (χ1v) is 8.01. The number of benzene rings is 1. The fraction of sp³-hybridized carbons (Fsp3) is 0.357. The Morgan fingerprint density at radius 3 is 2.92 bits per heavy atom. The van der Waals surface area contributed by atoms with Gasteiger partial charge in [-0.2, -0.15) is 0 Å². The number of carbonyl (C=O) groups excluding carboxylic acids is 1. The zero-order valence-electron chi connectivity index (χ0n) is 12.8. The molecule has 1 amide bonds. The normalized spacial score (nSPS) is 10.8. The van der Waals surface area contributed by atoms with Gasteiger partial charge in [0.25, 0.3) is 0 Å². The Bertz CT molecular complexity index is 763. The monoisotopic (exact) mass is 358 g/mol. The first-order chi connectivity index (χ1) is 11.5. The summed E-state index contributed by atoms with van der Waals surface area (Å²) in [4.78, 5) is 23.5. The maximum absolute atomic E-state index is 13.1. The van der Waals surface area contributed by atoms with Crippen LogP contribution < -0.4 is 11.0 Å². The molecule has 2 N–H and O–H groups in total. The number of hydrogen-bond acceptors (Lipinski definition) is 5. The second-order valence-corrected chi connectivity index (χ2v) is 5.72. The van der Waals surface area contributed by atoms with Gasteiger partial charge < -0.3 is 10.1 Å². The molecular weight excluding hydrogens is 342 g/mol. The molecule has 10 heteroatoms. The second-order valence-electron chi connectivity index (χ2n) is 4.78.